The number of benzene rings is 1. The fraction of sp³-hybridized carbons (Fsp3) is 0.154. The second kappa shape index (κ2) is 6.53. The number of nitrogens with two attached hydrogens (primary N) is 1. The van der Waals surface area contributed by atoms with E-state index >= 15 is 0 Å². The molecule has 1 amide bonds. The number of alkyl halides is 3. The third kappa shape index (κ3) is 4.49. The number of amides is 1. The van der Waals surface area contributed by atoms with Gasteiger partial charge in [0.1, 0.15) is 5.69 Å². The van der Waals surface area contributed by atoms with Crippen molar-refractivity contribution in [1.29, 1.82) is 0 Å². The number of nitrogens with zero attached hydrogens (tertiary/aromatic N) is 2. The van der Waals surface area contributed by atoms with Crippen LogP contribution in [0.25, 0.3) is 0 Å². The maximum Gasteiger partial charge on any atom is 0.433 e. The van der Waals surface area contributed by atoms with E-state index in [1.54, 1.807) is 0 Å². The molecule has 0 atom stereocenters. The van der Waals surface area contributed by atoms with E-state index in [0.717, 1.165) is 6.20 Å². The van der Waals surface area contributed by atoms with Crippen LogP contribution in [0.2, 0.25) is 0 Å². The zero-order valence-electron chi connectivity index (χ0n) is 11.9. The number of rotatable bonds is 4. The summed E-state index contributed by atoms with van der Waals surface area (Å²) >= 11 is 0. The highest BCUT2D eigenvalue weighted by Crippen LogP contribution is 2.26. The molecule has 0 bridgehead atoms. The van der Waals surface area contributed by atoms with Crippen LogP contribution in [0.3, 0.4) is 0 Å². The van der Waals surface area contributed by atoms with E-state index in [0.29, 0.717) is 11.6 Å². The molecule has 7 nitrogen and oxygen atoms in total. The van der Waals surface area contributed by atoms with E-state index < -0.39 is 33.6 Å². The summed E-state index contributed by atoms with van der Waals surface area (Å²) < 4.78 is 59.8. The minimum absolute atomic E-state index is 0.0522. The van der Waals surface area contributed by atoms with Crippen molar-refractivity contribution in [3.05, 3.63) is 53.6 Å². The van der Waals surface area contributed by atoms with Gasteiger partial charge in [-0.3, -0.25) is 4.79 Å². The van der Waals surface area contributed by atoms with Crippen molar-refractivity contribution in [3.63, 3.8) is 0 Å². The summed E-state index contributed by atoms with van der Waals surface area (Å²) in [6, 6.07) is 5.97. The first kappa shape index (κ1) is 17.8. The number of primary sulfonamides is 1. The second-order valence-corrected chi connectivity index (χ2v) is 6.20. The molecule has 3 N–H and O–H groups in total. The monoisotopic (exact) mass is 360 g/mol. The number of nitrogens with one attached hydrogen (secondary N) is 1. The highest BCUT2D eigenvalue weighted by Gasteiger charge is 2.33. The van der Waals surface area contributed by atoms with Crippen molar-refractivity contribution >= 4 is 15.9 Å². The third-order valence-electron chi connectivity index (χ3n) is 2.85. The Morgan fingerprint density at radius 3 is 2.33 bits per heavy atom. The van der Waals surface area contributed by atoms with E-state index in [1.807, 2.05) is 0 Å². The Balaban J connectivity index is 2.06. The minimum atomic E-state index is -4.68. The van der Waals surface area contributed by atoms with Crippen molar-refractivity contribution in [2.24, 2.45) is 5.14 Å². The summed E-state index contributed by atoms with van der Waals surface area (Å²) in [4.78, 5) is 18.4. The van der Waals surface area contributed by atoms with Crippen molar-refractivity contribution in [2.75, 3.05) is 0 Å². The van der Waals surface area contributed by atoms with Crippen LogP contribution in [0.4, 0.5) is 13.2 Å². The van der Waals surface area contributed by atoms with E-state index in [1.165, 1.54) is 24.3 Å². The van der Waals surface area contributed by atoms with Gasteiger partial charge >= 0.3 is 6.18 Å². The standard InChI is InChI=1S/C13H11F3N4O3S/c14-13(15,16)10-5-6-18-11(20-10)12(21)19-7-8-1-3-9(4-2-8)24(17,22)23/h1-6H,7H2,(H,19,21)(H2,17,22,23). The number of carbonyl (C=O) groups is 1. The molecule has 2 aromatic rings. The van der Waals surface area contributed by atoms with Gasteiger partial charge in [-0.05, 0) is 23.8 Å². The first-order valence-electron chi connectivity index (χ1n) is 6.37. The fourth-order valence-corrected chi connectivity index (χ4v) is 2.20. The lowest BCUT2D eigenvalue weighted by Gasteiger charge is -2.08. The van der Waals surface area contributed by atoms with E-state index in [-0.39, 0.29) is 11.4 Å². The zero-order valence-corrected chi connectivity index (χ0v) is 12.7. The predicted molar refractivity (Wildman–Crippen MR) is 76.0 cm³/mol. The molecule has 0 aliphatic carbocycles. The van der Waals surface area contributed by atoms with Crippen LogP contribution in [-0.2, 0) is 22.7 Å². The molecule has 0 aliphatic rings. The molecule has 0 saturated heterocycles. The Bertz CT molecular complexity index is 852. The fourth-order valence-electron chi connectivity index (χ4n) is 1.68. The molecule has 11 heteroatoms. The molecule has 1 heterocycles. The van der Waals surface area contributed by atoms with Gasteiger partial charge in [-0.25, -0.2) is 23.5 Å². The Kier molecular flexibility index (Phi) is 4.85. The lowest BCUT2D eigenvalue weighted by Crippen LogP contribution is -2.26. The Morgan fingerprint density at radius 2 is 1.79 bits per heavy atom. The average Bonchev–Trinajstić information content (AvgIpc) is 2.51. The quantitative estimate of drug-likeness (QED) is 0.846. The van der Waals surface area contributed by atoms with Crippen LogP contribution < -0.4 is 10.5 Å². The lowest BCUT2D eigenvalue weighted by molar-refractivity contribution is -0.141. The summed E-state index contributed by atoms with van der Waals surface area (Å²) in [7, 11) is -3.83. The molecule has 24 heavy (non-hydrogen) atoms. The van der Waals surface area contributed by atoms with Crippen LogP contribution >= 0.6 is 0 Å². The maximum absolute atomic E-state index is 12.5. The number of hydrogen-bond acceptors (Lipinski definition) is 5. The average molecular weight is 360 g/mol. The van der Waals surface area contributed by atoms with Crippen LogP contribution in [0.1, 0.15) is 21.9 Å². The Labute approximate surface area is 134 Å². The van der Waals surface area contributed by atoms with Crippen LogP contribution in [0.5, 0.6) is 0 Å². The Hall–Kier alpha value is -2.53. The normalized spacial score (nSPS) is 12.0. The van der Waals surface area contributed by atoms with Gasteiger partial charge in [0.05, 0.1) is 4.90 Å². The second-order valence-electron chi connectivity index (χ2n) is 4.63. The largest absolute Gasteiger partial charge is 0.433 e. The highest BCUT2D eigenvalue weighted by molar-refractivity contribution is 7.89. The summed E-state index contributed by atoms with van der Waals surface area (Å²) in [5.41, 5.74) is -0.706. The first-order chi connectivity index (χ1) is 11.1. The molecule has 128 valence electrons. The maximum atomic E-state index is 12.5. The number of halogens is 3. The summed E-state index contributed by atoms with van der Waals surface area (Å²) in [6.07, 6.45) is -3.84. The number of hydrogen-bond donors (Lipinski definition) is 2. The van der Waals surface area contributed by atoms with Crippen molar-refractivity contribution in [2.45, 2.75) is 17.6 Å². The van der Waals surface area contributed by atoms with Crippen LogP contribution in [0.15, 0.2) is 41.4 Å². The molecule has 0 spiro atoms. The van der Waals surface area contributed by atoms with Gasteiger partial charge in [0.15, 0.2) is 0 Å². The van der Waals surface area contributed by atoms with Gasteiger partial charge in [-0.2, -0.15) is 13.2 Å². The number of aromatic nitrogens is 2. The molecule has 1 aromatic carbocycles. The summed E-state index contributed by atoms with van der Waals surface area (Å²) in [5.74, 6) is -1.51. The van der Waals surface area contributed by atoms with Crippen molar-refractivity contribution in [3.8, 4) is 0 Å². The minimum Gasteiger partial charge on any atom is -0.345 e. The van der Waals surface area contributed by atoms with Crippen LogP contribution in [0, 0.1) is 0 Å². The van der Waals surface area contributed by atoms with E-state index in [2.05, 4.69) is 15.3 Å². The SMILES string of the molecule is NS(=O)(=O)c1ccc(CNC(=O)c2nccc(C(F)(F)F)n2)cc1. The molecule has 0 unspecified atom stereocenters. The predicted octanol–water partition coefficient (Wildman–Crippen LogP) is 1.07. The Morgan fingerprint density at radius 1 is 1.17 bits per heavy atom. The van der Waals surface area contributed by atoms with Gasteiger partial charge in [-0.15, -0.1) is 0 Å². The molecule has 0 radical (unpaired) electrons. The molecule has 0 fully saturated rings. The molecule has 0 saturated carbocycles. The molecule has 2 rings (SSSR count). The summed E-state index contributed by atoms with van der Waals surface area (Å²) in [6.45, 7) is -0.0522. The van der Waals surface area contributed by atoms with Gasteiger partial charge in [0, 0.05) is 12.7 Å². The van der Waals surface area contributed by atoms with Gasteiger partial charge < -0.3 is 5.32 Å². The topological polar surface area (TPSA) is 115 Å². The number of carbonyl (C=O) groups excluding carboxylic acids is 1. The van der Waals surface area contributed by atoms with E-state index in [4.69, 9.17) is 5.14 Å². The van der Waals surface area contributed by atoms with Crippen molar-refractivity contribution < 1.29 is 26.4 Å². The first-order valence-corrected chi connectivity index (χ1v) is 7.92. The molecular formula is C13H11F3N4O3S. The summed E-state index contributed by atoms with van der Waals surface area (Å²) in [5, 5.41) is 7.29. The van der Waals surface area contributed by atoms with Gasteiger partial charge in [0.2, 0.25) is 15.8 Å². The van der Waals surface area contributed by atoms with Gasteiger partial charge in [-0.1, -0.05) is 12.1 Å². The molecular weight excluding hydrogens is 349 g/mol. The highest BCUT2D eigenvalue weighted by atomic mass is 32.2. The van der Waals surface area contributed by atoms with Crippen LogP contribution in [-0.4, -0.2) is 24.3 Å². The lowest BCUT2D eigenvalue weighted by atomic mass is 10.2. The molecule has 0 aliphatic heterocycles. The third-order valence-corrected chi connectivity index (χ3v) is 3.78. The smallest absolute Gasteiger partial charge is 0.345 e. The molecule has 1 aromatic heterocycles. The zero-order chi connectivity index (χ0) is 18.0. The van der Waals surface area contributed by atoms with E-state index in [9.17, 15) is 26.4 Å². The van der Waals surface area contributed by atoms with Crippen molar-refractivity contribution in [1.82, 2.24) is 15.3 Å². The number of sulfonamides is 1. The van der Waals surface area contributed by atoms with Gasteiger partial charge in [0.25, 0.3) is 5.91 Å².